The number of hydrogen-bond acceptors (Lipinski definition) is 5. The fraction of sp³-hybridized carbons (Fsp3) is 0.267. The Hall–Kier alpha value is -2.45. The van der Waals surface area contributed by atoms with Crippen LogP contribution >= 0.6 is 23.2 Å². The molecule has 0 saturated heterocycles. The lowest BCUT2D eigenvalue weighted by atomic mass is 10.2. The van der Waals surface area contributed by atoms with Gasteiger partial charge in [-0.25, -0.2) is 5.43 Å². The predicted molar refractivity (Wildman–Crippen MR) is 95.3 cm³/mol. The van der Waals surface area contributed by atoms with Gasteiger partial charge in [-0.3, -0.25) is 19.6 Å². The standard InChI is InChI=1S/C15H15Cl2N5O3/c1-8-14(22(24)25)9(2)21(20-8)10(3)15(23)19-18-7-11-5-4-6-12(16)13(11)17/h4-7,10H,1-3H3,(H,19,23)/b18-7+. The maximum absolute atomic E-state index is 12.2. The average Bonchev–Trinajstić information content (AvgIpc) is 2.85. The van der Waals surface area contributed by atoms with Crippen molar-refractivity contribution in [3.05, 3.63) is 55.3 Å². The highest BCUT2D eigenvalue weighted by molar-refractivity contribution is 6.43. The van der Waals surface area contributed by atoms with Gasteiger partial charge in [-0.1, -0.05) is 35.3 Å². The number of aromatic nitrogens is 2. The largest absolute Gasteiger partial charge is 0.312 e. The lowest BCUT2D eigenvalue weighted by molar-refractivity contribution is -0.386. The van der Waals surface area contributed by atoms with Gasteiger partial charge in [0.2, 0.25) is 0 Å². The van der Waals surface area contributed by atoms with Crippen molar-refractivity contribution in [3.8, 4) is 0 Å². The Morgan fingerprint density at radius 2 is 2.12 bits per heavy atom. The second-order valence-corrected chi connectivity index (χ2v) is 6.06. The summed E-state index contributed by atoms with van der Waals surface area (Å²) >= 11 is 11.9. The molecule has 2 aromatic rings. The van der Waals surface area contributed by atoms with Gasteiger partial charge in [0.15, 0.2) is 0 Å². The summed E-state index contributed by atoms with van der Waals surface area (Å²) in [7, 11) is 0. The summed E-state index contributed by atoms with van der Waals surface area (Å²) in [5.74, 6) is -0.477. The van der Waals surface area contributed by atoms with Gasteiger partial charge in [-0.05, 0) is 26.8 Å². The summed E-state index contributed by atoms with van der Waals surface area (Å²) in [6.45, 7) is 4.63. The van der Waals surface area contributed by atoms with Crippen LogP contribution in [0.1, 0.15) is 29.9 Å². The molecule has 0 aliphatic heterocycles. The molecule has 0 spiro atoms. The van der Waals surface area contributed by atoms with Gasteiger partial charge in [-0.15, -0.1) is 0 Å². The molecule has 10 heteroatoms. The van der Waals surface area contributed by atoms with Crippen molar-refractivity contribution in [2.24, 2.45) is 5.10 Å². The van der Waals surface area contributed by atoms with Crippen LogP contribution in [0.15, 0.2) is 23.3 Å². The van der Waals surface area contributed by atoms with E-state index in [2.05, 4.69) is 15.6 Å². The number of rotatable bonds is 5. The quantitative estimate of drug-likeness (QED) is 0.485. The highest BCUT2D eigenvalue weighted by atomic mass is 35.5. The first-order chi connectivity index (χ1) is 11.7. The monoisotopic (exact) mass is 383 g/mol. The Morgan fingerprint density at radius 3 is 2.72 bits per heavy atom. The van der Waals surface area contributed by atoms with E-state index in [9.17, 15) is 14.9 Å². The first-order valence-electron chi connectivity index (χ1n) is 7.21. The molecule has 0 fully saturated rings. The first kappa shape index (κ1) is 18.9. The van der Waals surface area contributed by atoms with Crippen molar-refractivity contribution < 1.29 is 9.72 Å². The van der Waals surface area contributed by atoms with Gasteiger partial charge in [0.05, 0.1) is 21.2 Å². The number of halogens is 2. The zero-order valence-electron chi connectivity index (χ0n) is 13.7. The zero-order valence-corrected chi connectivity index (χ0v) is 15.2. The number of carbonyl (C=O) groups is 1. The first-order valence-corrected chi connectivity index (χ1v) is 7.96. The maximum Gasteiger partial charge on any atom is 0.312 e. The fourth-order valence-corrected chi connectivity index (χ4v) is 2.64. The van der Waals surface area contributed by atoms with E-state index in [4.69, 9.17) is 23.2 Å². The SMILES string of the molecule is Cc1nn(C(C)C(=O)N/N=C/c2cccc(Cl)c2Cl)c(C)c1[N+](=O)[O-]. The molecular formula is C15H15Cl2N5O3. The normalized spacial score (nSPS) is 12.4. The minimum absolute atomic E-state index is 0.103. The number of benzene rings is 1. The van der Waals surface area contributed by atoms with Crippen LogP contribution in [0, 0.1) is 24.0 Å². The Balaban J connectivity index is 2.13. The van der Waals surface area contributed by atoms with Crippen LogP contribution < -0.4 is 5.43 Å². The van der Waals surface area contributed by atoms with E-state index < -0.39 is 16.9 Å². The van der Waals surface area contributed by atoms with Crippen molar-refractivity contribution in [1.29, 1.82) is 0 Å². The van der Waals surface area contributed by atoms with Gasteiger partial charge >= 0.3 is 5.69 Å². The number of nitrogens with zero attached hydrogens (tertiary/aromatic N) is 4. The van der Waals surface area contributed by atoms with E-state index in [1.165, 1.54) is 24.7 Å². The Labute approximate surface area is 153 Å². The van der Waals surface area contributed by atoms with Crippen LogP contribution in [0.3, 0.4) is 0 Å². The summed E-state index contributed by atoms with van der Waals surface area (Å²) in [6.07, 6.45) is 1.36. The zero-order chi connectivity index (χ0) is 18.7. The predicted octanol–water partition coefficient (Wildman–Crippen LogP) is 3.43. The van der Waals surface area contributed by atoms with Crippen molar-refractivity contribution in [2.75, 3.05) is 0 Å². The molecule has 8 nitrogen and oxygen atoms in total. The summed E-state index contributed by atoms with van der Waals surface area (Å²) in [4.78, 5) is 22.7. The summed E-state index contributed by atoms with van der Waals surface area (Å²) < 4.78 is 1.30. The maximum atomic E-state index is 12.2. The molecule has 1 N–H and O–H groups in total. The van der Waals surface area contributed by atoms with Crippen LogP contribution in [0.5, 0.6) is 0 Å². The summed E-state index contributed by atoms with van der Waals surface area (Å²) in [5.41, 5.74) is 3.35. The van der Waals surface area contributed by atoms with E-state index in [1.54, 1.807) is 25.1 Å². The molecular weight excluding hydrogens is 369 g/mol. The van der Waals surface area contributed by atoms with Gasteiger partial charge in [0, 0.05) is 5.56 Å². The van der Waals surface area contributed by atoms with Crippen LogP contribution in [0.25, 0.3) is 0 Å². The molecule has 1 amide bonds. The molecule has 1 unspecified atom stereocenters. The smallest absolute Gasteiger partial charge is 0.271 e. The number of carbonyl (C=O) groups excluding carboxylic acids is 1. The molecule has 0 aliphatic carbocycles. The topological polar surface area (TPSA) is 102 Å². The van der Waals surface area contributed by atoms with Crippen LogP contribution in [0.4, 0.5) is 5.69 Å². The molecule has 1 aromatic heterocycles. The van der Waals surface area contributed by atoms with E-state index in [1.807, 2.05) is 0 Å². The number of amides is 1. The number of hydrogen-bond donors (Lipinski definition) is 1. The number of nitrogens with one attached hydrogen (secondary N) is 1. The Morgan fingerprint density at radius 1 is 1.44 bits per heavy atom. The lowest BCUT2D eigenvalue weighted by Crippen LogP contribution is -2.28. The third-order valence-corrected chi connectivity index (χ3v) is 4.41. The van der Waals surface area contributed by atoms with Crippen molar-refractivity contribution in [3.63, 3.8) is 0 Å². The minimum Gasteiger partial charge on any atom is -0.271 e. The third kappa shape index (κ3) is 3.97. The second kappa shape index (κ2) is 7.62. The lowest BCUT2D eigenvalue weighted by Gasteiger charge is -2.11. The molecule has 1 atom stereocenters. The summed E-state index contributed by atoms with van der Waals surface area (Å²) in [5, 5.41) is 19.6. The molecule has 0 bridgehead atoms. The van der Waals surface area contributed by atoms with Gasteiger partial charge in [0.25, 0.3) is 5.91 Å². The van der Waals surface area contributed by atoms with Crippen LogP contribution in [-0.4, -0.2) is 26.8 Å². The van der Waals surface area contributed by atoms with Crippen LogP contribution in [0.2, 0.25) is 10.0 Å². The third-order valence-electron chi connectivity index (χ3n) is 3.58. The summed E-state index contributed by atoms with van der Waals surface area (Å²) in [6, 6.07) is 4.25. The highest BCUT2D eigenvalue weighted by Crippen LogP contribution is 2.25. The molecule has 2 rings (SSSR count). The average molecular weight is 384 g/mol. The Bertz CT molecular complexity index is 863. The molecule has 0 radical (unpaired) electrons. The van der Waals surface area contributed by atoms with E-state index in [0.29, 0.717) is 21.3 Å². The second-order valence-electron chi connectivity index (χ2n) is 5.27. The van der Waals surface area contributed by atoms with Gasteiger partial charge in [0.1, 0.15) is 17.4 Å². The van der Waals surface area contributed by atoms with E-state index in [-0.39, 0.29) is 11.4 Å². The molecule has 0 aliphatic rings. The Kier molecular flexibility index (Phi) is 5.76. The number of hydrazone groups is 1. The number of aryl methyl sites for hydroxylation is 1. The van der Waals surface area contributed by atoms with Gasteiger partial charge < -0.3 is 0 Å². The van der Waals surface area contributed by atoms with Gasteiger partial charge in [-0.2, -0.15) is 10.2 Å². The van der Waals surface area contributed by atoms with Crippen molar-refractivity contribution in [1.82, 2.24) is 15.2 Å². The van der Waals surface area contributed by atoms with E-state index >= 15 is 0 Å². The molecule has 1 aromatic carbocycles. The highest BCUT2D eigenvalue weighted by Gasteiger charge is 2.26. The molecule has 0 saturated carbocycles. The van der Waals surface area contributed by atoms with Crippen molar-refractivity contribution >= 4 is 41.0 Å². The molecule has 132 valence electrons. The van der Waals surface area contributed by atoms with E-state index in [0.717, 1.165) is 0 Å². The van der Waals surface area contributed by atoms with Crippen LogP contribution in [-0.2, 0) is 4.79 Å². The van der Waals surface area contributed by atoms with Crippen molar-refractivity contribution in [2.45, 2.75) is 26.8 Å². The fourth-order valence-electron chi connectivity index (χ4n) is 2.29. The molecule has 25 heavy (non-hydrogen) atoms. The molecule has 1 heterocycles. The number of nitro groups is 1. The minimum atomic E-state index is -0.778.